The monoisotopic (exact) mass is 542 g/mol. The molecule has 1 N–H and O–H groups in total. The molecule has 0 radical (unpaired) electrons. The van der Waals surface area contributed by atoms with E-state index < -0.39 is 6.04 Å². The molecule has 0 heterocycles. The van der Waals surface area contributed by atoms with E-state index in [0.717, 1.165) is 23.1 Å². The van der Waals surface area contributed by atoms with Crippen LogP contribution in [0.5, 0.6) is 0 Å². The molecule has 0 fully saturated rings. The van der Waals surface area contributed by atoms with E-state index in [1.54, 1.807) is 11.0 Å². The van der Waals surface area contributed by atoms with Crippen molar-refractivity contribution in [1.82, 2.24) is 10.2 Å². The Kier molecular flexibility index (Phi) is 11.2. The second-order valence-electron chi connectivity index (χ2n) is 8.80. The summed E-state index contributed by atoms with van der Waals surface area (Å²) in [6.45, 7) is 4.29. The first-order valence-corrected chi connectivity index (χ1v) is 14.0. The Hall–Kier alpha value is -2.47. The van der Waals surface area contributed by atoms with Gasteiger partial charge in [0, 0.05) is 34.8 Å². The average molecular weight is 544 g/mol. The highest BCUT2D eigenvalue weighted by Gasteiger charge is 2.30. The minimum absolute atomic E-state index is 0.0103. The predicted octanol–water partition coefficient (Wildman–Crippen LogP) is 6.78. The van der Waals surface area contributed by atoms with Crippen LogP contribution in [-0.2, 0) is 28.3 Å². The molecular formula is C29H32Cl2N2O2S. The van der Waals surface area contributed by atoms with Gasteiger partial charge in [-0.15, -0.1) is 11.8 Å². The zero-order chi connectivity index (χ0) is 25.9. The van der Waals surface area contributed by atoms with Gasteiger partial charge in [-0.25, -0.2) is 0 Å². The molecule has 0 aliphatic carbocycles. The Morgan fingerprint density at radius 1 is 0.889 bits per heavy atom. The lowest BCUT2D eigenvalue weighted by Crippen LogP contribution is -2.52. The van der Waals surface area contributed by atoms with Gasteiger partial charge in [0.25, 0.3) is 0 Å². The maximum atomic E-state index is 13.6. The first-order chi connectivity index (χ1) is 17.4. The Bertz CT molecular complexity index is 1140. The van der Waals surface area contributed by atoms with Crippen LogP contribution in [0.1, 0.15) is 37.0 Å². The molecule has 3 rings (SSSR count). The number of carbonyl (C=O) groups excluding carboxylic acids is 2. The summed E-state index contributed by atoms with van der Waals surface area (Å²) in [6, 6.07) is 24.2. The zero-order valence-corrected chi connectivity index (χ0v) is 23.0. The molecule has 7 heteroatoms. The molecule has 3 aromatic rings. The largest absolute Gasteiger partial charge is 0.352 e. The van der Waals surface area contributed by atoms with E-state index >= 15 is 0 Å². The third kappa shape index (κ3) is 8.88. The molecular weight excluding hydrogens is 511 g/mol. The second kappa shape index (κ2) is 14.3. The molecule has 0 aliphatic rings. The van der Waals surface area contributed by atoms with Crippen LogP contribution in [0.3, 0.4) is 0 Å². The minimum Gasteiger partial charge on any atom is -0.352 e. The van der Waals surface area contributed by atoms with Gasteiger partial charge in [0.15, 0.2) is 0 Å². The lowest BCUT2D eigenvalue weighted by Gasteiger charge is -2.32. The van der Waals surface area contributed by atoms with Crippen molar-refractivity contribution in [2.75, 3.05) is 5.75 Å². The Labute approximate surface area is 228 Å². The van der Waals surface area contributed by atoms with Crippen molar-refractivity contribution >= 4 is 46.8 Å². The van der Waals surface area contributed by atoms with Crippen LogP contribution in [0.2, 0.25) is 10.0 Å². The van der Waals surface area contributed by atoms with Crippen LogP contribution in [0, 0.1) is 0 Å². The second-order valence-corrected chi connectivity index (χ2v) is 10.7. The SMILES string of the molecule is CC[C@H](C)NC(=O)[C@H](Cc1ccccc1)N(Cc1cccc(Cl)c1)C(=O)CSCc1cccc(Cl)c1. The maximum Gasteiger partial charge on any atom is 0.243 e. The van der Waals surface area contributed by atoms with Crippen molar-refractivity contribution in [1.29, 1.82) is 0 Å². The van der Waals surface area contributed by atoms with E-state index in [2.05, 4.69) is 5.32 Å². The number of rotatable bonds is 12. The fourth-order valence-corrected chi connectivity index (χ4v) is 5.08. The number of thioether (sulfide) groups is 1. The van der Waals surface area contributed by atoms with E-state index in [1.807, 2.05) is 86.6 Å². The molecule has 0 saturated carbocycles. The number of hydrogen-bond acceptors (Lipinski definition) is 3. The van der Waals surface area contributed by atoms with Crippen LogP contribution in [0.25, 0.3) is 0 Å². The van der Waals surface area contributed by atoms with Gasteiger partial charge >= 0.3 is 0 Å². The van der Waals surface area contributed by atoms with Gasteiger partial charge < -0.3 is 10.2 Å². The molecule has 3 aromatic carbocycles. The fraction of sp³-hybridized carbons (Fsp3) is 0.310. The highest BCUT2D eigenvalue weighted by atomic mass is 35.5. The zero-order valence-electron chi connectivity index (χ0n) is 20.6. The predicted molar refractivity (Wildman–Crippen MR) is 151 cm³/mol. The van der Waals surface area contributed by atoms with E-state index in [-0.39, 0.29) is 23.6 Å². The third-order valence-corrected chi connectivity index (χ3v) is 7.36. The first-order valence-electron chi connectivity index (χ1n) is 12.1. The Morgan fingerprint density at radius 2 is 1.50 bits per heavy atom. The standard InChI is InChI=1S/C29H32Cl2N2O2S/c1-3-21(2)32-29(35)27(17-22-9-5-4-6-10-22)33(18-23-11-7-13-25(30)15-23)28(34)20-36-19-24-12-8-14-26(31)16-24/h4-16,21,27H,3,17-20H2,1-2H3,(H,32,35)/t21-,27-/m0/s1. The minimum atomic E-state index is -0.653. The van der Waals surface area contributed by atoms with Crippen LogP contribution >= 0.6 is 35.0 Å². The van der Waals surface area contributed by atoms with Gasteiger partial charge in [0.1, 0.15) is 6.04 Å². The van der Waals surface area contributed by atoms with Crippen LogP contribution in [-0.4, -0.2) is 34.6 Å². The van der Waals surface area contributed by atoms with Gasteiger partial charge in [0.2, 0.25) is 11.8 Å². The molecule has 36 heavy (non-hydrogen) atoms. The molecule has 190 valence electrons. The molecule has 4 nitrogen and oxygen atoms in total. The maximum absolute atomic E-state index is 13.6. The van der Waals surface area contributed by atoms with Gasteiger partial charge in [-0.2, -0.15) is 0 Å². The van der Waals surface area contributed by atoms with Gasteiger partial charge in [-0.3, -0.25) is 9.59 Å². The van der Waals surface area contributed by atoms with E-state index in [9.17, 15) is 9.59 Å². The number of hydrogen-bond donors (Lipinski definition) is 1. The summed E-state index contributed by atoms with van der Waals surface area (Å²) in [5, 5.41) is 4.36. The molecule has 0 aromatic heterocycles. The van der Waals surface area contributed by atoms with Gasteiger partial charge in [-0.05, 0) is 54.3 Å². The molecule has 2 amide bonds. The van der Waals surface area contributed by atoms with Crippen LogP contribution < -0.4 is 5.32 Å². The summed E-state index contributed by atoms with van der Waals surface area (Å²) in [7, 11) is 0. The number of nitrogens with zero attached hydrogens (tertiary/aromatic N) is 1. The molecule has 0 aliphatic heterocycles. The van der Waals surface area contributed by atoms with Gasteiger partial charge in [0.05, 0.1) is 5.75 Å². The smallest absolute Gasteiger partial charge is 0.243 e. The lowest BCUT2D eigenvalue weighted by atomic mass is 10.0. The summed E-state index contributed by atoms with van der Waals surface area (Å²) >= 11 is 13.9. The number of amides is 2. The summed E-state index contributed by atoms with van der Waals surface area (Å²) < 4.78 is 0. The number of nitrogens with one attached hydrogen (secondary N) is 1. The van der Waals surface area contributed by atoms with Crippen LogP contribution in [0.4, 0.5) is 0 Å². The Morgan fingerprint density at radius 3 is 2.14 bits per heavy atom. The average Bonchev–Trinajstić information content (AvgIpc) is 2.86. The quantitative estimate of drug-likeness (QED) is 0.274. The first kappa shape index (κ1) is 28.1. The molecule has 2 atom stereocenters. The number of carbonyl (C=O) groups is 2. The number of benzene rings is 3. The van der Waals surface area contributed by atoms with Crippen molar-refractivity contribution < 1.29 is 9.59 Å². The molecule has 0 spiro atoms. The molecule has 0 saturated heterocycles. The number of halogens is 2. The van der Waals surface area contributed by atoms with E-state index in [1.165, 1.54) is 11.8 Å². The van der Waals surface area contributed by atoms with E-state index in [4.69, 9.17) is 23.2 Å². The van der Waals surface area contributed by atoms with Crippen molar-refractivity contribution in [3.8, 4) is 0 Å². The lowest BCUT2D eigenvalue weighted by molar-refractivity contribution is -0.139. The third-order valence-electron chi connectivity index (χ3n) is 5.90. The summed E-state index contributed by atoms with van der Waals surface area (Å²) in [5.74, 6) is 0.653. The summed E-state index contributed by atoms with van der Waals surface area (Å²) in [6.07, 6.45) is 1.23. The molecule has 0 unspecified atom stereocenters. The Balaban J connectivity index is 1.85. The van der Waals surface area contributed by atoms with Crippen molar-refractivity contribution in [3.05, 3.63) is 106 Å². The topological polar surface area (TPSA) is 49.4 Å². The highest BCUT2D eigenvalue weighted by molar-refractivity contribution is 7.99. The van der Waals surface area contributed by atoms with Crippen molar-refractivity contribution in [2.45, 2.75) is 51.1 Å². The molecule has 0 bridgehead atoms. The highest BCUT2D eigenvalue weighted by Crippen LogP contribution is 2.21. The summed E-state index contributed by atoms with van der Waals surface area (Å²) in [4.78, 5) is 28.8. The fourth-order valence-electron chi connectivity index (χ4n) is 3.79. The summed E-state index contributed by atoms with van der Waals surface area (Å²) in [5.41, 5.74) is 2.93. The normalized spacial score (nSPS) is 12.6. The van der Waals surface area contributed by atoms with Gasteiger partial charge in [-0.1, -0.05) is 84.7 Å². The van der Waals surface area contributed by atoms with Crippen LogP contribution in [0.15, 0.2) is 78.9 Å². The van der Waals surface area contributed by atoms with Crippen molar-refractivity contribution in [3.63, 3.8) is 0 Å². The van der Waals surface area contributed by atoms with E-state index in [0.29, 0.717) is 28.8 Å². The van der Waals surface area contributed by atoms with Crippen molar-refractivity contribution in [2.24, 2.45) is 0 Å².